The van der Waals surface area contributed by atoms with E-state index in [-0.39, 0.29) is 36.5 Å². The number of aryl methyl sites for hydroxylation is 1. The van der Waals surface area contributed by atoms with Gasteiger partial charge < -0.3 is 14.5 Å². The SMILES string of the molecule is CCOC(=O)C[C@H](CCc1ccccc1)N1C(=O)N(C)[C@@H](C)[C@H]1c1ccccc1. The molecule has 5 nitrogen and oxygen atoms in total. The van der Waals surface area contributed by atoms with Crippen molar-refractivity contribution in [2.75, 3.05) is 13.7 Å². The zero-order valence-electron chi connectivity index (χ0n) is 17.5. The number of ether oxygens (including phenoxy) is 1. The Labute approximate surface area is 173 Å². The highest BCUT2D eigenvalue weighted by molar-refractivity contribution is 5.79. The second-order valence-corrected chi connectivity index (χ2v) is 7.58. The number of nitrogens with zero attached hydrogens (tertiary/aromatic N) is 2. The summed E-state index contributed by atoms with van der Waals surface area (Å²) in [5, 5.41) is 0. The van der Waals surface area contributed by atoms with Gasteiger partial charge in [-0.05, 0) is 37.8 Å². The first kappa shape index (κ1) is 20.9. The Morgan fingerprint density at radius 1 is 1.07 bits per heavy atom. The summed E-state index contributed by atoms with van der Waals surface area (Å²) in [4.78, 5) is 29.2. The molecule has 2 aromatic rings. The molecule has 0 radical (unpaired) electrons. The van der Waals surface area contributed by atoms with Crippen LogP contribution in [-0.4, -0.2) is 47.5 Å². The average molecular weight is 395 g/mol. The highest BCUT2D eigenvalue weighted by Gasteiger charge is 2.45. The fourth-order valence-corrected chi connectivity index (χ4v) is 4.12. The van der Waals surface area contributed by atoms with E-state index in [1.165, 1.54) is 5.56 Å². The van der Waals surface area contributed by atoms with Crippen LogP contribution in [0.15, 0.2) is 60.7 Å². The molecular formula is C24H30N2O3. The average Bonchev–Trinajstić information content (AvgIpc) is 2.96. The lowest BCUT2D eigenvalue weighted by Crippen LogP contribution is -2.41. The smallest absolute Gasteiger partial charge is 0.320 e. The van der Waals surface area contributed by atoms with Crippen LogP contribution in [-0.2, 0) is 16.0 Å². The number of carbonyl (C=O) groups excluding carboxylic acids is 2. The van der Waals surface area contributed by atoms with Gasteiger partial charge in [-0.3, -0.25) is 4.79 Å². The van der Waals surface area contributed by atoms with Gasteiger partial charge in [0.05, 0.1) is 25.1 Å². The molecule has 1 aliphatic heterocycles. The molecule has 2 amide bonds. The third kappa shape index (κ3) is 4.78. The monoisotopic (exact) mass is 394 g/mol. The lowest BCUT2D eigenvalue weighted by Gasteiger charge is -2.33. The van der Waals surface area contributed by atoms with E-state index < -0.39 is 0 Å². The third-order valence-corrected chi connectivity index (χ3v) is 5.74. The molecule has 1 fully saturated rings. The lowest BCUT2D eigenvalue weighted by molar-refractivity contribution is -0.144. The number of urea groups is 1. The minimum absolute atomic E-state index is 0.0197. The maximum absolute atomic E-state index is 13.2. The molecule has 5 heteroatoms. The van der Waals surface area contributed by atoms with Crippen molar-refractivity contribution in [3.8, 4) is 0 Å². The van der Waals surface area contributed by atoms with Crippen LogP contribution in [0.4, 0.5) is 4.79 Å². The van der Waals surface area contributed by atoms with Gasteiger partial charge in [0.1, 0.15) is 0 Å². The molecule has 0 aliphatic carbocycles. The first-order valence-corrected chi connectivity index (χ1v) is 10.3. The van der Waals surface area contributed by atoms with Crippen molar-refractivity contribution in [1.82, 2.24) is 9.80 Å². The number of amides is 2. The summed E-state index contributed by atoms with van der Waals surface area (Å²) in [6, 6.07) is 19.9. The maximum atomic E-state index is 13.2. The van der Waals surface area contributed by atoms with Crippen molar-refractivity contribution in [3.63, 3.8) is 0 Å². The Balaban J connectivity index is 1.89. The molecular weight excluding hydrogens is 364 g/mol. The van der Waals surface area contributed by atoms with Crippen molar-refractivity contribution >= 4 is 12.0 Å². The van der Waals surface area contributed by atoms with E-state index in [1.54, 1.807) is 11.8 Å². The Morgan fingerprint density at radius 3 is 2.31 bits per heavy atom. The Morgan fingerprint density at radius 2 is 1.69 bits per heavy atom. The minimum Gasteiger partial charge on any atom is -0.466 e. The highest BCUT2D eigenvalue weighted by atomic mass is 16.5. The van der Waals surface area contributed by atoms with Crippen molar-refractivity contribution < 1.29 is 14.3 Å². The van der Waals surface area contributed by atoms with Gasteiger partial charge in [-0.15, -0.1) is 0 Å². The summed E-state index contributed by atoms with van der Waals surface area (Å²) >= 11 is 0. The zero-order valence-corrected chi connectivity index (χ0v) is 17.5. The van der Waals surface area contributed by atoms with Crippen LogP contribution in [0.2, 0.25) is 0 Å². The van der Waals surface area contributed by atoms with E-state index >= 15 is 0 Å². The third-order valence-electron chi connectivity index (χ3n) is 5.74. The summed E-state index contributed by atoms with van der Waals surface area (Å²) in [7, 11) is 1.83. The quantitative estimate of drug-likeness (QED) is 0.622. The van der Waals surface area contributed by atoms with Gasteiger partial charge in [-0.25, -0.2) is 4.79 Å². The number of hydrogen-bond acceptors (Lipinski definition) is 3. The largest absolute Gasteiger partial charge is 0.466 e. The Bertz CT molecular complexity index is 809. The first-order chi connectivity index (χ1) is 14.0. The van der Waals surface area contributed by atoms with Gasteiger partial charge in [0.2, 0.25) is 0 Å². The molecule has 1 aliphatic rings. The van der Waals surface area contributed by atoms with Crippen molar-refractivity contribution in [1.29, 1.82) is 0 Å². The van der Waals surface area contributed by atoms with Crippen LogP contribution in [0, 0.1) is 0 Å². The molecule has 3 atom stereocenters. The Hall–Kier alpha value is -2.82. The molecule has 1 heterocycles. The van der Waals surface area contributed by atoms with Crippen LogP contribution in [0.3, 0.4) is 0 Å². The van der Waals surface area contributed by atoms with Gasteiger partial charge in [-0.2, -0.15) is 0 Å². The lowest BCUT2D eigenvalue weighted by atomic mass is 9.95. The molecule has 0 N–H and O–H groups in total. The molecule has 0 spiro atoms. The van der Waals surface area contributed by atoms with Crippen LogP contribution < -0.4 is 0 Å². The van der Waals surface area contributed by atoms with Crippen LogP contribution >= 0.6 is 0 Å². The highest BCUT2D eigenvalue weighted by Crippen LogP contribution is 2.37. The Kier molecular flexibility index (Phi) is 6.91. The predicted molar refractivity (Wildman–Crippen MR) is 113 cm³/mol. The van der Waals surface area contributed by atoms with E-state index in [2.05, 4.69) is 31.2 Å². The van der Waals surface area contributed by atoms with Crippen molar-refractivity contribution in [2.24, 2.45) is 0 Å². The zero-order chi connectivity index (χ0) is 20.8. The second kappa shape index (κ2) is 9.59. The summed E-state index contributed by atoms with van der Waals surface area (Å²) in [5.41, 5.74) is 2.29. The number of carbonyl (C=O) groups is 2. The number of likely N-dealkylation sites (N-methyl/N-ethyl adjacent to an activating group) is 1. The van der Waals surface area contributed by atoms with E-state index in [1.807, 2.05) is 48.3 Å². The van der Waals surface area contributed by atoms with Crippen LogP contribution in [0.1, 0.15) is 43.9 Å². The number of hydrogen-bond donors (Lipinski definition) is 0. The van der Waals surface area contributed by atoms with Gasteiger partial charge in [-0.1, -0.05) is 60.7 Å². The normalized spacial score (nSPS) is 20.0. The number of benzene rings is 2. The topological polar surface area (TPSA) is 49.9 Å². The number of rotatable bonds is 8. The first-order valence-electron chi connectivity index (χ1n) is 10.3. The van der Waals surface area contributed by atoms with Crippen molar-refractivity contribution in [2.45, 2.75) is 51.2 Å². The molecule has 0 bridgehead atoms. The molecule has 0 saturated carbocycles. The van der Waals surface area contributed by atoms with E-state index in [9.17, 15) is 9.59 Å². The van der Waals surface area contributed by atoms with Gasteiger partial charge in [0, 0.05) is 13.1 Å². The van der Waals surface area contributed by atoms with Crippen molar-refractivity contribution in [3.05, 3.63) is 71.8 Å². The molecule has 0 unspecified atom stereocenters. The van der Waals surface area contributed by atoms with E-state index in [0.29, 0.717) is 13.0 Å². The molecule has 3 rings (SSSR count). The fraction of sp³-hybridized carbons (Fsp3) is 0.417. The summed E-state index contributed by atoms with van der Waals surface area (Å²) < 4.78 is 5.22. The maximum Gasteiger partial charge on any atom is 0.320 e. The van der Waals surface area contributed by atoms with E-state index in [4.69, 9.17) is 4.74 Å². The van der Waals surface area contributed by atoms with E-state index in [0.717, 1.165) is 12.0 Å². The van der Waals surface area contributed by atoms with Gasteiger partial charge >= 0.3 is 12.0 Å². The molecule has 1 saturated heterocycles. The van der Waals surface area contributed by atoms with Crippen LogP contribution in [0.5, 0.6) is 0 Å². The van der Waals surface area contributed by atoms with Gasteiger partial charge in [0.25, 0.3) is 0 Å². The molecule has 2 aromatic carbocycles. The summed E-state index contributed by atoms with van der Waals surface area (Å²) in [6.45, 7) is 4.21. The fourth-order valence-electron chi connectivity index (χ4n) is 4.12. The molecule has 29 heavy (non-hydrogen) atoms. The van der Waals surface area contributed by atoms with Gasteiger partial charge in [0.15, 0.2) is 0 Å². The van der Waals surface area contributed by atoms with Crippen LogP contribution in [0.25, 0.3) is 0 Å². The number of esters is 1. The molecule has 0 aromatic heterocycles. The molecule has 154 valence electrons. The standard InChI is InChI=1S/C24H30N2O3/c1-4-29-22(27)17-21(16-15-19-11-7-5-8-12-19)26-23(18(2)25(3)24(26)28)20-13-9-6-10-14-20/h5-14,18,21,23H,4,15-17H2,1-3H3/t18-,21-,23-/m0/s1. The predicted octanol–water partition coefficient (Wildman–Crippen LogP) is 4.44. The minimum atomic E-state index is -0.257. The second-order valence-electron chi connectivity index (χ2n) is 7.58. The summed E-state index contributed by atoms with van der Waals surface area (Å²) in [6.07, 6.45) is 1.71. The summed E-state index contributed by atoms with van der Waals surface area (Å²) in [5.74, 6) is -0.257.